The molecule has 0 aliphatic heterocycles. The minimum atomic E-state index is 0.861. The van der Waals surface area contributed by atoms with Crippen molar-refractivity contribution in [2.45, 2.75) is 6.42 Å². The summed E-state index contributed by atoms with van der Waals surface area (Å²) < 4.78 is 0. The van der Waals surface area contributed by atoms with E-state index < -0.39 is 0 Å². The fourth-order valence-corrected chi connectivity index (χ4v) is 2.10. The topological polar surface area (TPSA) is 25.8 Å². The van der Waals surface area contributed by atoms with E-state index in [4.69, 9.17) is 0 Å². The Kier molecular flexibility index (Phi) is 3.32. The Morgan fingerprint density at radius 3 is 2.26 bits per heavy atom. The van der Waals surface area contributed by atoms with Crippen molar-refractivity contribution >= 4 is 0 Å². The molecule has 3 aromatic rings. The SMILES string of the molecule is c1ccc(Cc2cc(-c3ccncc3)ccn2)cc1. The van der Waals surface area contributed by atoms with Crippen LogP contribution in [0.1, 0.15) is 11.3 Å². The summed E-state index contributed by atoms with van der Waals surface area (Å²) in [4.78, 5) is 8.49. The van der Waals surface area contributed by atoms with Gasteiger partial charge >= 0.3 is 0 Å². The summed E-state index contributed by atoms with van der Waals surface area (Å²) in [5, 5.41) is 0. The van der Waals surface area contributed by atoms with Crippen LogP contribution in [0.25, 0.3) is 11.1 Å². The van der Waals surface area contributed by atoms with Crippen molar-refractivity contribution in [1.82, 2.24) is 9.97 Å². The predicted octanol–water partition coefficient (Wildman–Crippen LogP) is 3.73. The summed E-state index contributed by atoms with van der Waals surface area (Å²) in [5.74, 6) is 0. The van der Waals surface area contributed by atoms with E-state index in [9.17, 15) is 0 Å². The molecule has 2 heteroatoms. The lowest BCUT2D eigenvalue weighted by Gasteiger charge is -2.05. The molecule has 2 aromatic heterocycles. The normalized spacial score (nSPS) is 10.3. The Hall–Kier alpha value is -2.48. The first-order valence-corrected chi connectivity index (χ1v) is 6.31. The number of nitrogens with zero attached hydrogens (tertiary/aromatic N) is 2. The first-order chi connectivity index (χ1) is 9.42. The van der Waals surface area contributed by atoms with Gasteiger partial charge in [-0.15, -0.1) is 0 Å². The number of aromatic nitrogens is 2. The number of hydrogen-bond donors (Lipinski definition) is 0. The second kappa shape index (κ2) is 5.44. The quantitative estimate of drug-likeness (QED) is 0.703. The molecule has 0 amide bonds. The Labute approximate surface area is 112 Å². The van der Waals surface area contributed by atoms with Crippen LogP contribution in [0.3, 0.4) is 0 Å². The van der Waals surface area contributed by atoms with Gasteiger partial charge in [0.05, 0.1) is 0 Å². The molecule has 92 valence electrons. The largest absolute Gasteiger partial charge is 0.265 e. The predicted molar refractivity (Wildman–Crippen MR) is 76.7 cm³/mol. The molecule has 0 spiro atoms. The van der Waals surface area contributed by atoms with Crippen LogP contribution >= 0.6 is 0 Å². The van der Waals surface area contributed by atoms with Crippen LogP contribution in [-0.2, 0) is 6.42 Å². The average Bonchev–Trinajstić information content (AvgIpc) is 2.49. The lowest BCUT2D eigenvalue weighted by Crippen LogP contribution is -1.92. The third-order valence-corrected chi connectivity index (χ3v) is 3.06. The zero-order valence-electron chi connectivity index (χ0n) is 10.5. The number of benzene rings is 1. The molecule has 0 aliphatic carbocycles. The van der Waals surface area contributed by atoms with Gasteiger partial charge in [-0.05, 0) is 41.0 Å². The second-order valence-corrected chi connectivity index (χ2v) is 4.43. The summed E-state index contributed by atoms with van der Waals surface area (Å²) in [6, 6.07) is 18.6. The third-order valence-electron chi connectivity index (χ3n) is 3.06. The van der Waals surface area contributed by atoms with E-state index in [0.29, 0.717) is 0 Å². The Bertz CT molecular complexity index is 648. The van der Waals surface area contributed by atoms with Crippen LogP contribution in [0, 0.1) is 0 Å². The highest BCUT2D eigenvalue weighted by Crippen LogP contribution is 2.19. The van der Waals surface area contributed by atoms with Crippen molar-refractivity contribution in [3.8, 4) is 11.1 Å². The molecule has 0 saturated carbocycles. The van der Waals surface area contributed by atoms with Crippen LogP contribution in [0.15, 0.2) is 73.2 Å². The van der Waals surface area contributed by atoms with Crippen molar-refractivity contribution in [2.24, 2.45) is 0 Å². The molecule has 0 fully saturated rings. The lowest BCUT2D eigenvalue weighted by atomic mass is 10.0. The van der Waals surface area contributed by atoms with Crippen molar-refractivity contribution in [3.63, 3.8) is 0 Å². The third kappa shape index (κ3) is 2.86. The standard InChI is InChI=1S/C17H14N2/c1-2-4-14(5-3-1)12-17-13-16(8-11-19-17)15-6-9-18-10-7-15/h1-11,13H,12H2. The average molecular weight is 246 g/mol. The van der Waals surface area contributed by atoms with Crippen LogP contribution in [0.5, 0.6) is 0 Å². The molecule has 3 rings (SSSR count). The van der Waals surface area contributed by atoms with E-state index in [0.717, 1.165) is 12.1 Å². The fraction of sp³-hybridized carbons (Fsp3) is 0.0588. The highest BCUT2D eigenvalue weighted by molar-refractivity contribution is 5.62. The lowest BCUT2D eigenvalue weighted by molar-refractivity contribution is 1.08. The minimum Gasteiger partial charge on any atom is -0.265 e. The Morgan fingerprint density at radius 2 is 1.47 bits per heavy atom. The second-order valence-electron chi connectivity index (χ2n) is 4.43. The van der Waals surface area contributed by atoms with Crippen LogP contribution in [-0.4, -0.2) is 9.97 Å². The molecule has 2 nitrogen and oxygen atoms in total. The van der Waals surface area contributed by atoms with Crippen molar-refractivity contribution in [1.29, 1.82) is 0 Å². The molecule has 0 aliphatic rings. The van der Waals surface area contributed by atoms with Gasteiger partial charge in [-0.25, -0.2) is 0 Å². The molecular weight excluding hydrogens is 232 g/mol. The van der Waals surface area contributed by atoms with Gasteiger partial charge < -0.3 is 0 Å². The van der Waals surface area contributed by atoms with Gasteiger partial charge in [0.2, 0.25) is 0 Å². The van der Waals surface area contributed by atoms with Gasteiger partial charge in [0.15, 0.2) is 0 Å². The Balaban J connectivity index is 1.89. The fourth-order valence-electron chi connectivity index (χ4n) is 2.10. The van der Waals surface area contributed by atoms with Crippen LogP contribution in [0.4, 0.5) is 0 Å². The summed E-state index contributed by atoms with van der Waals surface area (Å²) >= 11 is 0. The zero-order chi connectivity index (χ0) is 12.9. The maximum Gasteiger partial charge on any atom is 0.0453 e. The summed E-state index contributed by atoms with van der Waals surface area (Å²) in [5.41, 5.74) is 4.72. The van der Waals surface area contributed by atoms with E-state index in [2.05, 4.69) is 40.3 Å². The molecule has 0 unspecified atom stereocenters. The summed E-state index contributed by atoms with van der Waals surface area (Å²) in [7, 11) is 0. The summed E-state index contributed by atoms with van der Waals surface area (Å²) in [6.45, 7) is 0. The maximum absolute atomic E-state index is 4.44. The van der Waals surface area contributed by atoms with E-state index in [-0.39, 0.29) is 0 Å². The maximum atomic E-state index is 4.44. The highest BCUT2D eigenvalue weighted by Gasteiger charge is 2.01. The molecule has 0 atom stereocenters. The zero-order valence-corrected chi connectivity index (χ0v) is 10.5. The molecule has 0 N–H and O–H groups in total. The first kappa shape index (κ1) is 11.6. The van der Waals surface area contributed by atoms with Crippen molar-refractivity contribution in [3.05, 3.63) is 84.4 Å². The Morgan fingerprint density at radius 1 is 0.737 bits per heavy atom. The van der Waals surface area contributed by atoms with E-state index >= 15 is 0 Å². The number of pyridine rings is 2. The van der Waals surface area contributed by atoms with Crippen molar-refractivity contribution in [2.75, 3.05) is 0 Å². The van der Waals surface area contributed by atoms with Gasteiger partial charge in [-0.2, -0.15) is 0 Å². The smallest absolute Gasteiger partial charge is 0.0453 e. The minimum absolute atomic E-state index is 0.861. The first-order valence-electron chi connectivity index (χ1n) is 6.31. The van der Waals surface area contributed by atoms with E-state index in [1.807, 2.05) is 42.9 Å². The molecule has 19 heavy (non-hydrogen) atoms. The van der Waals surface area contributed by atoms with E-state index in [1.165, 1.54) is 16.7 Å². The van der Waals surface area contributed by atoms with Crippen LogP contribution in [0.2, 0.25) is 0 Å². The monoisotopic (exact) mass is 246 g/mol. The van der Waals surface area contributed by atoms with Crippen molar-refractivity contribution < 1.29 is 0 Å². The molecule has 0 saturated heterocycles. The molecule has 2 heterocycles. The number of hydrogen-bond acceptors (Lipinski definition) is 2. The van der Waals surface area contributed by atoms with Gasteiger partial charge in [0, 0.05) is 30.7 Å². The van der Waals surface area contributed by atoms with Gasteiger partial charge in [0.1, 0.15) is 0 Å². The summed E-state index contributed by atoms with van der Waals surface area (Å²) in [6.07, 6.45) is 6.35. The molecule has 0 radical (unpaired) electrons. The highest BCUT2D eigenvalue weighted by atomic mass is 14.7. The molecule has 1 aromatic carbocycles. The van der Waals surface area contributed by atoms with Gasteiger partial charge in [0.25, 0.3) is 0 Å². The van der Waals surface area contributed by atoms with Gasteiger partial charge in [-0.1, -0.05) is 30.3 Å². The molecule has 0 bridgehead atoms. The molecular formula is C17H14N2. The van der Waals surface area contributed by atoms with Gasteiger partial charge in [-0.3, -0.25) is 9.97 Å². The van der Waals surface area contributed by atoms with E-state index in [1.54, 1.807) is 0 Å². The number of rotatable bonds is 3. The van der Waals surface area contributed by atoms with Crippen LogP contribution < -0.4 is 0 Å².